The molecule has 2 aromatic carbocycles. The average molecular weight is 381 g/mol. The molecule has 2 rings (SSSR count). The summed E-state index contributed by atoms with van der Waals surface area (Å²) in [5, 5.41) is 26.8. The molecule has 0 bridgehead atoms. The summed E-state index contributed by atoms with van der Waals surface area (Å²) in [5.74, 6) is -0.219. The molecule has 140 valence electrons. The second kappa shape index (κ2) is 8.23. The summed E-state index contributed by atoms with van der Waals surface area (Å²) in [6.45, 7) is -0.582. The Kier molecular flexibility index (Phi) is 6.27. The highest BCUT2D eigenvalue weighted by atomic mass is 32.2. The van der Waals surface area contributed by atoms with Crippen molar-refractivity contribution in [3.05, 3.63) is 42.0 Å². The number of hydrogen-bond acceptors (Lipinski definition) is 8. The lowest BCUT2D eigenvalue weighted by atomic mass is 9.98. The SMILES string of the molecule is COc1cc(N)c(C(CO)CO)cc1/N=N/c1ccc(S(=O)(=O)O)cc1. The van der Waals surface area contributed by atoms with Crippen molar-refractivity contribution in [1.82, 2.24) is 0 Å². The minimum absolute atomic E-state index is 0.252. The van der Waals surface area contributed by atoms with Crippen molar-refractivity contribution in [3.8, 4) is 5.75 Å². The number of rotatable bonds is 7. The van der Waals surface area contributed by atoms with E-state index in [1.54, 1.807) is 6.07 Å². The van der Waals surface area contributed by atoms with E-state index in [0.717, 1.165) is 0 Å². The Labute approximate surface area is 150 Å². The van der Waals surface area contributed by atoms with E-state index in [-0.39, 0.29) is 18.1 Å². The molecule has 26 heavy (non-hydrogen) atoms. The minimum atomic E-state index is -4.28. The molecule has 0 saturated heterocycles. The molecular weight excluding hydrogens is 362 g/mol. The Morgan fingerprint density at radius 1 is 1.12 bits per heavy atom. The molecule has 5 N–H and O–H groups in total. The van der Waals surface area contributed by atoms with Crippen LogP contribution in [0.15, 0.2) is 51.5 Å². The monoisotopic (exact) mass is 381 g/mol. The molecule has 0 aliphatic heterocycles. The number of hydrogen-bond donors (Lipinski definition) is 4. The first-order chi connectivity index (χ1) is 12.3. The normalized spacial score (nSPS) is 12.0. The number of methoxy groups -OCH3 is 1. The van der Waals surface area contributed by atoms with Crippen LogP contribution >= 0.6 is 0 Å². The smallest absolute Gasteiger partial charge is 0.294 e. The van der Waals surface area contributed by atoms with Gasteiger partial charge >= 0.3 is 0 Å². The van der Waals surface area contributed by atoms with Gasteiger partial charge in [-0.25, -0.2) is 0 Å². The maximum absolute atomic E-state index is 11.0. The minimum Gasteiger partial charge on any atom is -0.494 e. The van der Waals surface area contributed by atoms with Crippen LogP contribution in [-0.4, -0.2) is 43.5 Å². The highest BCUT2D eigenvalue weighted by Crippen LogP contribution is 2.36. The molecule has 0 aliphatic rings. The molecule has 0 unspecified atom stereocenters. The van der Waals surface area contributed by atoms with Gasteiger partial charge in [-0.15, -0.1) is 5.11 Å². The fourth-order valence-electron chi connectivity index (χ4n) is 2.25. The van der Waals surface area contributed by atoms with E-state index in [1.165, 1.54) is 37.4 Å². The van der Waals surface area contributed by atoms with Gasteiger partial charge in [0.25, 0.3) is 10.1 Å². The molecule has 0 radical (unpaired) electrons. The van der Waals surface area contributed by atoms with Gasteiger partial charge in [0.1, 0.15) is 11.4 Å². The van der Waals surface area contributed by atoms with E-state index in [2.05, 4.69) is 10.2 Å². The third-order valence-electron chi connectivity index (χ3n) is 3.67. The van der Waals surface area contributed by atoms with Crippen molar-refractivity contribution in [1.29, 1.82) is 0 Å². The quantitative estimate of drug-likeness (QED) is 0.325. The second-order valence-corrected chi connectivity index (χ2v) is 6.81. The zero-order valence-electron chi connectivity index (χ0n) is 13.9. The third kappa shape index (κ3) is 4.55. The maximum Gasteiger partial charge on any atom is 0.294 e. The van der Waals surface area contributed by atoms with Gasteiger partial charge < -0.3 is 20.7 Å². The summed E-state index contributed by atoms with van der Waals surface area (Å²) >= 11 is 0. The van der Waals surface area contributed by atoms with Crippen LogP contribution in [0, 0.1) is 0 Å². The highest BCUT2D eigenvalue weighted by molar-refractivity contribution is 7.85. The van der Waals surface area contributed by atoms with E-state index in [0.29, 0.717) is 28.4 Å². The molecule has 0 aromatic heterocycles. The summed E-state index contributed by atoms with van der Waals surface area (Å²) in [6, 6.07) is 8.22. The van der Waals surface area contributed by atoms with Crippen molar-refractivity contribution in [2.45, 2.75) is 10.8 Å². The average Bonchev–Trinajstić information content (AvgIpc) is 2.62. The molecule has 0 atom stereocenters. The number of azo groups is 1. The zero-order chi connectivity index (χ0) is 19.3. The van der Waals surface area contributed by atoms with E-state index < -0.39 is 16.0 Å². The van der Waals surface area contributed by atoms with E-state index in [9.17, 15) is 18.6 Å². The van der Waals surface area contributed by atoms with Crippen LogP contribution in [0.5, 0.6) is 5.75 Å². The first-order valence-corrected chi connectivity index (χ1v) is 8.92. The Morgan fingerprint density at radius 3 is 2.23 bits per heavy atom. The van der Waals surface area contributed by atoms with E-state index in [1.807, 2.05) is 0 Å². The van der Waals surface area contributed by atoms with E-state index >= 15 is 0 Å². The van der Waals surface area contributed by atoms with Crippen LogP contribution in [0.3, 0.4) is 0 Å². The molecule has 0 aliphatic carbocycles. The third-order valence-corrected chi connectivity index (χ3v) is 4.54. The van der Waals surface area contributed by atoms with Crippen LogP contribution in [0.4, 0.5) is 17.1 Å². The predicted octanol–water partition coefficient (Wildman–Crippen LogP) is 2.01. The molecule has 2 aromatic rings. The number of nitrogens with zero attached hydrogens (tertiary/aromatic N) is 2. The second-order valence-electron chi connectivity index (χ2n) is 5.38. The molecule has 0 heterocycles. The van der Waals surface area contributed by atoms with Crippen molar-refractivity contribution in [3.63, 3.8) is 0 Å². The molecule has 10 heteroatoms. The lowest BCUT2D eigenvalue weighted by molar-refractivity contribution is 0.193. The van der Waals surface area contributed by atoms with Crippen molar-refractivity contribution >= 4 is 27.2 Å². The van der Waals surface area contributed by atoms with Gasteiger partial charge in [0.15, 0.2) is 0 Å². The Hall–Kier alpha value is -2.53. The van der Waals surface area contributed by atoms with Crippen molar-refractivity contribution in [2.24, 2.45) is 10.2 Å². The number of anilines is 1. The highest BCUT2D eigenvalue weighted by Gasteiger charge is 2.16. The molecule has 0 fully saturated rings. The topological polar surface area (TPSA) is 155 Å². The van der Waals surface area contributed by atoms with Gasteiger partial charge in [0.2, 0.25) is 0 Å². The lowest BCUT2D eigenvalue weighted by Gasteiger charge is -2.16. The van der Waals surface area contributed by atoms with Crippen LogP contribution in [0.25, 0.3) is 0 Å². The first-order valence-electron chi connectivity index (χ1n) is 7.48. The van der Waals surface area contributed by atoms with Gasteiger partial charge in [-0.1, -0.05) is 0 Å². The summed E-state index contributed by atoms with van der Waals surface area (Å²) in [4.78, 5) is -0.252. The van der Waals surface area contributed by atoms with Gasteiger partial charge in [-0.3, -0.25) is 4.55 Å². The number of aliphatic hydroxyl groups excluding tert-OH is 2. The number of benzene rings is 2. The lowest BCUT2D eigenvalue weighted by Crippen LogP contribution is -2.11. The molecule has 9 nitrogen and oxygen atoms in total. The predicted molar refractivity (Wildman–Crippen MR) is 94.8 cm³/mol. The summed E-state index contributed by atoms with van der Waals surface area (Å²) in [7, 11) is -2.84. The van der Waals surface area contributed by atoms with Gasteiger partial charge in [-0.2, -0.15) is 13.5 Å². The molecular formula is C16H19N3O6S. The van der Waals surface area contributed by atoms with Crippen LogP contribution in [0.1, 0.15) is 11.5 Å². The van der Waals surface area contributed by atoms with Crippen LogP contribution in [-0.2, 0) is 10.1 Å². The fourth-order valence-corrected chi connectivity index (χ4v) is 2.73. The zero-order valence-corrected chi connectivity index (χ0v) is 14.7. The van der Waals surface area contributed by atoms with Gasteiger partial charge in [0.05, 0.1) is 30.9 Å². The number of aliphatic hydroxyl groups is 2. The van der Waals surface area contributed by atoms with Gasteiger partial charge in [-0.05, 0) is 35.9 Å². The molecule has 0 saturated carbocycles. The van der Waals surface area contributed by atoms with Crippen LogP contribution < -0.4 is 10.5 Å². The Morgan fingerprint density at radius 2 is 1.73 bits per heavy atom. The van der Waals surface area contributed by atoms with Crippen molar-refractivity contribution in [2.75, 3.05) is 26.1 Å². The van der Waals surface area contributed by atoms with Gasteiger partial charge in [0, 0.05) is 17.7 Å². The largest absolute Gasteiger partial charge is 0.494 e. The summed E-state index contributed by atoms with van der Waals surface area (Å²) in [5.41, 5.74) is 7.44. The number of ether oxygens (including phenoxy) is 1. The van der Waals surface area contributed by atoms with Crippen LogP contribution in [0.2, 0.25) is 0 Å². The number of nitrogen functional groups attached to an aromatic ring is 1. The molecule has 0 amide bonds. The Balaban J connectivity index is 2.38. The number of nitrogens with two attached hydrogens (primary N) is 1. The summed E-state index contributed by atoms with van der Waals surface area (Å²) in [6.07, 6.45) is 0. The Bertz CT molecular complexity index is 893. The maximum atomic E-state index is 11.0. The van der Waals surface area contributed by atoms with E-state index in [4.69, 9.17) is 15.0 Å². The fraction of sp³-hybridized carbons (Fsp3) is 0.250. The standard InChI is InChI=1S/C16H19N3O6S/c1-25-16-7-14(17)13(10(8-20)9-21)6-15(16)19-18-11-2-4-12(5-3-11)26(22,23)24/h2-7,10,20-21H,8-9,17H2,1H3,(H,22,23,24)/b19-18+. The summed E-state index contributed by atoms with van der Waals surface area (Å²) < 4.78 is 36.2. The first kappa shape index (κ1) is 19.8. The molecule has 0 spiro atoms. The van der Waals surface area contributed by atoms with Crippen molar-refractivity contribution < 1.29 is 27.9 Å².